The van der Waals surface area contributed by atoms with Gasteiger partial charge in [-0.05, 0) is 25.0 Å². The predicted molar refractivity (Wildman–Crippen MR) is 92.2 cm³/mol. The van der Waals surface area contributed by atoms with Gasteiger partial charge in [-0.2, -0.15) is 0 Å². The number of carbonyl (C=O) groups excluding carboxylic acids is 1. The molecule has 24 heavy (non-hydrogen) atoms. The lowest BCUT2D eigenvalue weighted by Gasteiger charge is -2.22. The highest BCUT2D eigenvalue weighted by Crippen LogP contribution is 2.28. The van der Waals surface area contributed by atoms with Crippen molar-refractivity contribution in [1.82, 2.24) is 20.3 Å². The number of aryl methyl sites for hydroxylation is 1. The van der Waals surface area contributed by atoms with Crippen LogP contribution in [0.4, 0.5) is 5.13 Å². The van der Waals surface area contributed by atoms with Gasteiger partial charge in [-0.3, -0.25) is 9.59 Å². The van der Waals surface area contributed by atoms with E-state index in [0.717, 1.165) is 29.8 Å². The third kappa shape index (κ3) is 2.65. The van der Waals surface area contributed by atoms with Crippen molar-refractivity contribution < 1.29 is 4.79 Å². The Morgan fingerprint density at radius 1 is 1.33 bits per heavy atom. The second-order valence-corrected chi connectivity index (χ2v) is 6.89. The number of H-pyrrole nitrogens is 1. The van der Waals surface area contributed by atoms with Crippen LogP contribution in [0.2, 0.25) is 0 Å². The van der Waals surface area contributed by atoms with Crippen molar-refractivity contribution >= 4 is 33.3 Å². The van der Waals surface area contributed by atoms with Crippen LogP contribution in [0, 0.1) is 0 Å². The summed E-state index contributed by atoms with van der Waals surface area (Å²) >= 11 is 1.47. The van der Waals surface area contributed by atoms with Gasteiger partial charge < -0.3 is 16.0 Å². The molecule has 3 aromatic heterocycles. The van der Waals surface area contributed by atoms with Crippen LogP contribution in [0.3, 0.4) is 0 Å². The van der Waals surface area contributed by atoms with Crippen LogP contribution >= 0.6 is 11.3 Å². The molecular formula is C16H15N5O2S. The highest BCUT2D eigenvalue weighted by molar-refractivity contribution is 7.15. The van der Waals surface area contributed by atoms with Crippen molar-refractivity contribution in [3.8, 4) is 0 Å². The maximum atomic E-state index is 12.5. The van der Waals surface area contributed by atoms with E-state index in [0.29, 0.717) is 10.5 Å². The number of anilines is 1. The zero-order chi connectivity index (χ0) is 16.7. The smallest absolute Gasteiger partial charge is 0.274 e. The van der Waals surface area contributed by atoms with Crippen LogP contribution in [0.1, 0.15) is 27.5 Å². The Kier molecular flexibility index (Phi) is 3.53. The highest BCUT2D eigenvalue weighted by Gasteiger charge is 2.24. The molecular weight excluding hydrogens is 326 g/mol. The van der Waals surface area contributed by atoms with E-state index in [1.807, 2.05) is 0 Å². The number of rotatable bonds is 2. The monoisotopic (exact) mass is 341 g/mol. The second-order valence-electron chi connectivity index (χ2n) is 5.78. The van der Waals surface area contributed by atoms with E-state index in [4.69, 9.17) is 5.73 Å². The van der Waals surface area contributed by atoms with Gasteiger partial charge in [0.05, 0.1) is 5.69 Å². The summed E-state index contributed by atoms with van der Waals surface area (Å²) < 4.78 is 0. The van der Waals surface area contributed by atoms with Crippen molar-refractivity contribution in [2.24, 2.45) is 0 Å². The van der Waals surface area contributed by atoms with Crippen molar-refractivity contribution in [1.29, 1.82) is 0 Å². The Hall–Kier alpha value is -2.74. The van der Waals surface area contributed by atoms with E-state index in [9.17, 15) is 9.59 Å². The number of pyridine rings is 2. The molecule has 1 amide bonds. The van der Waals surface area contributed by atoms with Crippen LogP contribution in [0.15, 0.2) is 29.2 Å². The van der Waals surface area contributed by atoms with Gasteiger partial charge in [-0.25, -0.2) is 9.97 Å². The Bertz CT molecular complexity index is 994. The van der Waals surface area contributed by atoms with Gasteiger partial charge in [0, 0.05) is 28.9 Å². The van der Waals surface area contributed by atoms with Crippen molar-refractivity contribution in [2.45, 2.75) is 25.3 Å². The lowest BCUT2D eigenvalue weighted by atomic mass is 9.97. The molecule has 0 radical (unpaired) electrons. The zero-order valence-electron chi connectivity index (χ0n) is 12.7. The molecule has 4 rings (SSSR count). The van der Waals surface area contributed by atoms with Crippen LogP contribution in [0.25, 0.3) is 10.9 Å². The number of aromatic nitrogens is 3. The summed E-state index contributed by atoms with van der Waals surface area (Å²) in [6, 6.07) is 5.14. The number of nitrogen functional groups attached to an aromatic ring is 1. The van der Waals surface area contributed by atoms with Gasteiger partial charge >= 0.3 is 0 Å². The predicted octanol–water partition coefficient (Wildman–Crippen LogP) is 1.25. The van der Waals surface area contributed by atoms with E-state index < -0.39 is 0 Å². The first-order valence-electron chi connectivity index (χ1n) is 7.63. The van der Waals surface area contributed by atoms with Crippen LogP contribution in [0.5, 0.6) is 0 Å². The minimum atomic E-state index is -0.301. The van der Waals surface area contributed by atoms with Crippen LogP contribution < -0.4 is 16.6 Å². The molecule has 0 unspecified atom stereocenters. The fraction of sp³-hybridized carbons (Fsp3) is 0.250. The third-order valence-electron chi connectivity index (χ3n) is 4.14. The van der Waals surface area contributed by atoms with Gasteiger partial charge in [0.25, 0.3) is 11.5 Å². The molecule has 1 aliphatic rings. The molecule has 8 heteroatoms. The number of aromatic amines is 1. The Balaban J connectivity index is 1.54. The molecule has 4 N–H and O–H groups in total. The molecule has 122 valence electrons. The molecule has 0 fully saturated rings. The van der Waals surface area contributed by atoms with Gasteiger partial charge in [0.1, 0.15) is 11.2 Å². The zero-order valence-corrected chi connectivity index (χ0v) is 13.5. The van der Waals surface area contributed by atoms with E-state index >= 15 is 0 Å². The number of nitrogens with two attached hydrogens (primary N) is 1. The van der Waals surface area contributed by atoms with Crippen molar-refractivity contribution in [3.05, 3.63) is 51.0 Å². The fourth-order valence-electron chi connectivity index (χ4n) is 2.97. The summed E-state index contributed by atoms with van der Waals surface area (Å²) in [5.41, 5.74) is 6.99. The van der Waals surface area contributed by atoms with Crippen molar-refractivity contribution in [2.75, 3.05) is 5.73 Å². The summed E-state index contributed by atoms with van der Waals surface area (Å²) in [5.74, 6) is -0.272. The summed E-state index contributed by atoms with van der Waals surface area (Å²) in [4.78, 5) is 36.5. The highest BCUT2D eigenvalue weighted by atomic mass is 32.1. The molecule has 0 aliphatic heterocycles. The summed E-state index contributed by atoms with van der Waals surface area (Å²) in [6.45, 7) is 0. The van der Waals surface area contributed by atoms with E-state index in [1.54, 1.807) is 24.4 Å². The average Bonchev–Trinajstić information content (AvgIpc) is 2.94. The number of amides is 1. The SMILES string of the molecule is Nc1nc2c(s1)C[C@@H](NC(=O)c1ccc3cc[nH]c(=O)c3n1)CC2. The fourth-order valence-corrected chi connectivity index (χ4v) is 3.92. The molecule has 1 atom stereocenters. The number of carbonyl (C=O) groups is 1. The molecule has 0 bridgehead atoms. The lowest BCUT2D eigenvalue weighted by molar-refractivity contribution is 0.0929. The van der Waals surface area contributed by atoms with E-state index in [-0.39, 0.29) is 28.7 Å². The largest absolute Gasteiger partial charge is 0.375 e. The number of fused-ring (bicyclic) bond motifs is 2. The summed E-state index contributed by atoms with van der Waals surface area (Å²) in [5, 5.41) is 4.27. The van der Waals surface area contributed by atoms with E-state index in [1.165, 1.54) is 11.3 Å². The molecule has 3 aromatic rings. The normalized spacial score (nSPS) is 16.8. The maximum absolute atomic E-state index is 12.5. The minimum absolute atomic E-state index is 0.0244. The quantitative estimate of drug-likeness (QED) is 0.649. The average molecular weight is 341 g/mol. The second kappa shape index (κ2) is 5.72. The van der Waals surface area contributed by atoms with Gasteiger partial charge in [-0.15, -0.1) is 11.3 Å². The summed E-state index contributed by atoms with van der Waals surface area (Å²) in [6.07, 6.45) is 3.91. The third-order valence-corrected chi connectivity index (χ3v) is 5.09. The molecule has 1 aliphatic carbocycles. The molecule has 0 aromatic carbocycles. The van der Waals surface area contributed by atoms with Gasteiger partial charge in [0.2, 0.25) is 0 Å². The number of nitrogens with zero attached hydrogens (tertiary/aromatic N) is 2. The number of nitrogens with one attached hydrogen (secondary N) is 2. The first-order chi connectivity index (χ1) is 11.6. The van der Waals surface area contributed by atoms with Crippen molar-refractivity contribution in [3.63, 3.8) is 0 Å². The molecule has 0 saturated carbocycles. The Labute approximate surface area is 141 Å². The molecule has 7 nitrogen and oxygen atoms in total. The topological polar surface area (TPSA) is 114 Å². The standard InChI is InChI=1S/C16H15N5O2S/c17-16-21-10-4-2-9(7-12(10)24-16)19-14(22)11-3-1-8-5-6-18-15(23)13(8)20-11/h1,3,5-6,9H,2,4,7H2,(H2,17,21)(H,18,23)(H,19,22)/t9-/m0/s1. The Morgan fingerprint density at radius 3 is 3.08 bits per heavy atom. The summed E-state index contributed by atoms with van der Waals surface area (Å²) in [7, 11) is 0. The first kappa shape index (κ1) is 14.8. The molecule has 0 spiro atoms. The van der Waals surface area contributed by atoms with Gasteiger partial charge in [-0.1, -0.05) is 6.07 Å². The number of hydrogen-bond acceptors (Lipinski definition) is 6. The van der Waals surface area contributed by atoms with Crippen LogP contribution in [-0.2, 0) is 12.8 Å². The minimum Gasteiger partial charge on any atom is -0.375 e. The number of thiazole rings is 1. The molecule has 3 heterocycles. The van der Waals surface area contributed by atoms with Crippen LogP contribution in [-0.4, -0.2) is 26.9 Å². The number of hydrogen-bond donors (Lipinski definition) is 3. The van der Waals surface area contributed by atoms with Gasteiger partial charge in [0.15, 0.2) is 5.13 Å². The lowest BCUT2D eigenvalue weighted by Crippen LogP contribution is -2.39. The maximum Gasteiger partial charge on any atom is 0.274 e. The Morgan fingerprint density at radius 2 is 2.21 bits per heavy atom. The first-order valence-corrected chi connectivity index (χ1v) is 8.45. The molecule has 0 saturated heterocycles. The van der Waals surface area contributed by atoms with E-state index in [2.05, 4.69) is 20.3 Å².